The van der Waals surface area contributed by atoms with Crippen LogP contribution in [0.2, 0.25) is 0 Å². The quantitative estimate of drug-likeness (QED) is 0.235. The first kappa shape index (κ1) is 29.1. The van der Waals surface area contributed by atoms with Crippen LogP contribution in [0.25, 0.3) is 0 Å². The molecule has 2 aliphatic heterocycles. The topological polar surface area (TPSA) is 58.9 Å². The highest BCUT2D eigenvalue weighted by molar-refractivity contribution is 4.76. The van der Waals surface area contributed by atoms with Crippen molar-refractivity contribution in [3.05, 3.63) is 0 Å². The van der Waals surface area contributed by atoms with Gasteiger partial charge in [-0.05, 0) is 94.3 Å². The SMILES string of the molecule is CC(C)(CO)CCCCC1CCCC(CCCC2CCCC(CCCCC(C)(C)CO)O2)O1. The number of hydrogen-bond donors (Lipinski definition) is 2. The molecule has 4 nitrogen and oxygen atoms in total. The van der Waals surface area contributed by atoms with E-state index in [-0.39, 0.29) is 24.0 Å². The van der Waals surface area contributed by atoms with Crippen LogP contribution in [-0.2, 0) is 9.47 Å². The Kier molecular flexibility index (Phi) is 13.3. The summed E-state index contributed by atoms with van der Waals surface area (Å²) in [4.78, 5) is 0. The monoisotopic (exact) mass is 468 g/mol. The lowest BCUT2D eigenvalue weighted by atomic mass is 9.87. The van der Waals surface area contributed by atoms with Crippen LogP contribution in [0.1, 0.15) is 137 Å². The molecule has 2 N–H and O–H groups in total. The van der Waals surface area contributed by atoms with Gasteiger partial charge >= 0.3 is 0 Å². The van der Waals surface area contributed by atoms with Crippen LogP contribution in [0.15, 0.2) is 0 Å². The van der Waals surface area contributed by atoms with E-state index in [1.165, 1.54) is 96.3 Å². The molecule has 0 amide bonds. The van der Waals surface area contributed by atoms with Gasteiger partial charge in [-0.15, -0.1) is 0 Å². The minimum Gasteiger partial charge on any atom is -0.396 e. The molecule has 0 bridgehead atoms. The summed E-state index contributed by atoms with van der Waals surface area (Å²) in [5, 5.41) is 18.8. The maximum atomic E-state index is 9.41. The van der Waals surface area contributed by atoms with Crippen LogP contribution < -0.4 is 0 Å². The fourth-order valence-electron chi connectivity index (χ4n) is 5.49. The fraction of sp³-hybridized carbons (Fsp3) is 1.00. The number of aliphatic hydroxyl groups excluding tert-OH is 2. The van der Waals surface area contributed by atoms with Gasteiger partial charge in [0.1, 0.15) is 0 Å². The van der Waals surface area contributed by atoms with Crippen molar-refractivity contribution in [2.45, 2.75) is 161 Å². The molecule has 0 aliphatic carbocycles. The van der Waals surface area contributed by atoms with Gasteiger partial charge < -0.3 is 19.7 Å². The first-order valence-electron chi connectivity index (χ1n) is 14.3. The van der Waals surface area contributed by atoms with E-state index in [9.17, 15) is 10.2 Å². The smallest absolute Gasteiger partial charge is 0.0579 e. The van der Waals surface area contributed by atoms with E-state index in [1.54, 1.807) is 0 Å². The average molecular weight is 469 g/mol. The average Bonchev–Trinajstić information content (AvgIpc) is 2.80. The predicted molar refractivity (Wildman–Crippen MR) is 138 cm³/mol. The third-order valence-electron chi connectivity index (χ3n) is 8.04. The summed E-state index contributed by atoms with van der Waals surface area (Å²) < 4.78 is 12.9. The van der Waals surface area contributed by atoms with Crippen molar-refractivity contribution in [1.82, 2.24) is 0 Å². The van der Waals surface area contributed by atoms with E-state index in [1.807, 2.05) is 0 Å². The number of rotatable bonds is 16. The van der Waals surface area contributed by atoms with Gasteiger partial charge in [0, 0.05) is 13.2 Å². The van der Waals surface area contributed by atoms with E-state index < -0.39 is 0 Å². The van der Waals surface area contributed by atoms with Crippen molar-refractivity contribution in [3.8, 4) is 0 Å². The minimum absolute atomic E-state index is 0.0625. The van der Waals surface area contributed by atoms with Gasteiger partial charge in [0.2, 0.25) is 0 Å². The molecule has 196 valence electrons. The molecule has 33 heavy (non-hydrogen) atoms. The highest BCUT2D eigenvalue weighted by atomic mass is 16.5. The summed E-state index contributed by atoms with van der Waals surface area (Å²) in [5.74, 6) is 0. The Balaban J connectivity index is 1.55. The van der Waals surface area contributed by atoms with Gasteiger partial charge in [0.25, 0.3) is 0 Å². The molecular formula is C29H56O4. The van der Waals surface area contributed by atoms with Crippen molar-refractivity contribution in [2.75, 3.05) is 13.2 Å². The molecule has 0 aromatic carbocycles. The second-order valence-corrected chi connectivity index (χ2v) is 12.7. The molecule has 0 aromatic heterocycles. The lowest BCUT2D eigenvalue weighted by Gasteiger charge is -2.32. The van der Waals surface area contributed by atoms with E-state index in [2.05, 4.69) is 27.7 Å². The Morgan fingerprint density at radius 2 is 0.879 bits per heavy atom. The molecular weight excluding hydrogens is 412 g/mol. The van der Waals surface area contributed by atoms with Crippen molar-refractivity contribution < 1.29 is 19.7 Å². The van der Waals surface area contributed by atoms with Gasteiger partial charge in [-0.2, -0.15) is 0 Å². The molecule has 2 saturated heterocycles. The Hall–Kier alpha value is -0.160. The lowest BCUT2D eigenvalue weighted by Crippen LogP contribution is -2.29. The Labute approximate surface area is 205 Å². The minimum atomic E-state index is 0.0625. The van der Waals surface area contributed by atoms with Crippen LogP contribution in [-0.4, -0.2) is 47.8 Å². The zero-order valence-corrected chi connectivity index (χ0v) is 22.5. The lowest BCUT2D eigenvalue weighted by molar-refractivity contribution is -0.0705. The van der Waals surface area contributed by atoms with Crippen molar-refractivity contribution >= 4 is 0 Å². The number of ether oxygens (including phenoxy) is 2. The second kappa shape index (κ2) is 15.1. The Morgan fingerprint density at radius 1 is 0.545 bits per heavy atom. The van der Waals surface area contributed by atoms with Crippen molar-refractivity contribution in [1.29, 1.82) is 0 Å². The summed E-state index contributed by atoms with van der Waals surface area (Å²) in [7, 11) is 0. The molecule has 0 aromatic rings. The normalized spacial score (nSPS) is 27.1. The maximum absolute atomic E-state index is 9.41. The molecule has 0 saturated carbocycles. The Morgan fingerprint density at radius 3 is 1.21 bits per heavy atom. The molecule has 4 heteroatoms. The summed E-state index contributed by atoms with van der Waals surface area (Å²) in [5.41, 5.74) is 0.125. The van der Waals surface area contributed by atoms with Gasteiger partial charge in [-0.3, -0.25) is 0 Å². The second-order valence-electron chi connectivity index (χ2n) is 12.7. The number of aliphatic hydroxyl groups is 2. The Bertz CT molecular complexity index is 460. The van der Waals surface area contributed by atoms with E-state index in [4.69, 9.17) is 9.47 Å². The fourth-order valence-corrected chi connectivity index (χ4v) is 5.49. The highest BCUT2D eigenvalue weighted by Gasteiger charge is 2.25. The van der Waals surface area contributed by atoms with Crippen LogP contribution in [0.3, 0.4) is 0 Å². The standard InChI is InChI=1S/C29H56O4/c1-28(2,22-30)20-7-5-12-24-14-9-16-26(32-24)18-11-19-27-17-10-15-25(33-27)13-6-8-21-29(3,4)23-31/h24-27,30-31H,5-23H2,1-4H3. The molecule has 4 unspecified atom stereocenters. The van der Waals surface area contributed by atoms with Crippen molar-refractivity contribution in [3.63, 3.8) is 0 Å². The van der Waals surface area contributed by atoms with E-state index >= 15 is 0 Å². The summed E-state index contributed by atoms with van der Waals surface area (Å²) in [6.07, 6.45) is 22.3. The van der Waals surface area contributed by atoms with Gasteiger partial charge in [-0.1, -0.05) is 53.4 Å². The third kappa shape index (κ3) is 12.4. The summed E-state index contributed by atoms with van der Waals surface area (Å²) >= 11 is 0. The largest absolute Gasteiger partial charge is 0.396 e. The molecule has 4 atom stereocenters. The van der Waals surface area contributed by atoms with Gasteiger partial charge in [0.15, 0.2) is 0 Å². The highest BCUT2D eigenvalue weighted by Crippen LogP contribution is 2.30. The first-order chi connectivity index (χ1) is 15.7. The third-order valence-corrected chi connectivity index (χ3v) is 8.04. The van der Waals surface area contributed by atoms with E-state index in [0.717, 1.165) is 12.8 Å². The molecule has 0 radical (unpaired) electrons. The molecule has 2 aliphatic rings. The van der Waals surface area contributed by atoms with Crippen LogP contribution in [0.4, 0.5) is 0 Å². The van der Waals surface area contributed by atoms with Crippen LogP contribution in [0.5, 0.6) is 0 Å². The predicted octanol–water partition coefficient (Wildman–Crippen LogP) is 7.19. The van der Waals surface area contributed by atoms with Gasteiger partial charge in [-0.25, -0.2) is 0 Å². The molecule has 0 spiro atoms. The number of unbranched alkanes of at least 4 members (excludes halogenated alkanes) is 2. The summed E-state index contributed by atoms with van der Waals surface area (Å²) in [6, 6.07) is 0. The van der Waals surface area contributed by atoms with Crippen molar-refractivity contribution in [2.24, 2.45) is 10.8 Å². The molecule has 2 rings (SSSR count). The molecule has 2 heterocycles. The number of hydrogen-bond acceptors (Lipinski definition) is 4. The molecule has 2 fully saturated rings. The first-order valence-corrected chi connectivity index (χ1v) is 14.3. The maximum Gasteiger partial charge on any atom is 0.0579 e. The van der Waals surface area contributed by atoms with Crippen LogP contribution in [0, 0.1) is 10.8 Å². The van der Waals surface area contributed by atoms with E-state index in [0.29, 0.717) is 24.4 Å². The zero-order valence-electron chi connectivity index (χ0n) is 22.5. The summed E-state index contributed by atoms with van der Waals surface area (Å²) in [6.45, 7) is 9.17. The van der Waals surface area contributed by atoms with Gasteiger partial charge in [0.05, 0.1) is 24.4 Å². The van der Waals surface area contributed by atoms with Crippen LogP contribution >= 0.6 is 0 Å². The zero-order chi connectivity index (χ0) is 24.2.